The average molecular weight is 411 g/mol. The van der Waals surface area contributed by atoms with Crippen LogP contribution in [0.2, 0.25) is 0 Å². The number of carboxylic acid groups (broad SMARTS) is 1. The number of hydrogen-bond acceptors (Lipinski definition) is 4. The van der Waals surface area contributed by atoms with Gasteiger partial charge in [-0.2, -0.15) is 0 Å². The molecule has 2 aromatic rings. The van der Waals surface area contributed by atoms with Gasteiger partial charge < -0.3 is 19.9 Å². The zero-order valence-corrected chi connectivity index (χ0v) is 17.8. The van der Waals surface area contributed by atoms with Gasteiger partial charge in [-0.1, -0.05) is 48.5 Å². The molecule has 0 unspecified atom stereocenters. The van der Waals surface area contributed by atoms with Crippen LogP contribution in [0.1, 0.15) is 51.2 Å². The fraction of sp³-hybridized carbons (Fsp3) is 0.417. The lowest BCUT2D eigenvalue weighted by Crippen LogP contribution is -2.47. The molecule has 0 aromatic heterocycles. The van der Waals surface area contributed by atoms with Gasteiger partial charge in [0.2, 0.25) is 0 Å². The lowest BCUT2D eigenvalue weighted by Gasteiger charge is -2.30. The second kappa shape index (κ2) is 8.88. The third-order valence-electron chi connectivity index (χ3n) is 5.15. The number of carbonyl (C=O) groups is 2. The Morgan fingerprint density at radius 2 is 1.57 bits per heavy atom. The van der Waals surface area contributed by atoms with E-state index in [2.05, 4.69) is 17.4 Å². The van der Waals surface area contributed by atoms with E-state index in [-0.39, 0.29) is 18.9 Å². The van der Waals surface area contributed by atoms with Crippen LogP contribution < -0.4 is 5.32 Å². The number of alkyl carbamates (subject to hydrolysis) is 1. The van der Waals surface area contributed by atoms with Gasteiger partial charge in [0.15, 0.2) is 0 Å². The van der Waals surface area contributed by atoms with Crippen LogP contribution in [-0.2, 0) is 14.3 Å². The van der Waals surface area contributed by atoms with Crippen molar-refractivity contribution >= 4 is 12.1 Å². The SMILES string of the molecule is C[C@H](OC(C)(C)C)[C@H](CC(=O)O)NC(=O)OCC1c2ccccc2-c2ccccc21. The Labute approximate surface area is 177 Å². The van der Waals surface area contributed by atoms with Crippen LogP contribution in [-0.4, -0.2) is 41.5 Å². The van der Waals surface area contributed by atoms with Gasteiger partial charge >= 0.3 is 12.1 Å². The number of hydrogen-bond donors (Lipinski definition) is 2. The van der Waals surface area contributed by atoms with Crippen molar-refractivity contribution in [3.05, 3.63) is 59.7 Å². The van der Waals surface area contributed by atoms with Crippen molar-refractivity contribution in [3.8, 4) is 11.1 Å². The van der Waals surface area contributed by atoms with Crippen LogP contribution in [0, 0.1) is 0 Å². The molecule has 2 N–H and O–H groups in total. The zero-order valence-electron chi connectivity index (χ0n) is 17.8. The zero-order chi connectivity index (χ0) is 21.9. The number of carboxylic acids is 1. The van der Waals surface area contributed by atoms with Gasteiger partial charge in [-0.05, 0) is 49.9 Å². The Hall–Kier alpha value is -2.86. The normalized spacial score (nSPS) is 15.1. The molecule has 2 atom stereocenters. The topological polar surface area (TPSA) is 84.9 Å². The first-order valence-corrected chi connectivity index (χ1v) is 10.2. The second-order valence-electron chi connectivity index (χ2n) is 8.61. The van der Waals surface area contributed by atoms with E-state index in [9.17, 15) is 14.7 Å². The van der Waals surface area contributed by atoms with E-state index in [1.165, 1.54) is 0 Å². The highest BCUT2D eigenvalue weighted by Crippen LogP contribution is 2.44. The summed E-state index contributed by atoms with van der Waals surface area (Å²) in [5.41, 5.74) is 4.09. The number of nitrogens with one attached hydrogen (secondary N) is 1. The van der Waals surface area contributed by atoms with Crippen LogP contribution in [0.5, 0.6) is 0 Å². The van der Waals surface area contributed by atoms with E-state index in [0.717, 1.165) is 22.3 Å². The minimum Gasteiger partial charge on any atom is -0.481 e. The minimum atomic E-state index is -1.01. The molecule has 3 rings (SSSR count). The molecule has 6 heteroatoms. The molecule has 0 fully saturated rings. The molecular weight excluding hydrogens is 382 g/mol. The summed E-state index contributed by atoms with van der Waals surface area (Å²) in [5, 5.41) is 11.9. The maximum absolute atomic E-state index is 12.5. The molecule has 0 saturated heterocycles. The largest absolute Gasteiger partial charge is 0.481 e. The van der Waals surface area contributed by atoms with Crippen LogP contribution in [0.25, 0.3) is 11.1 Å². The third-order valence-corrected chi connectivity index (χ3v) is 5.15. The molecule has 160 valence electrons. The molecule has 0 aliphatic heterocycles. The number of fused-ring (bicyclic) bond motifs is 3. The lowest BCUT2D eigenvalue weighted by atomic mass is 9.98. The fourth-order valence-corrected chi connectivity index (χ4v) is 3.95. The predicted molar refractivity (Wildman–Crippen MR) is 115 cm³/mol. The standard InChI is InChI=1S/C24H29NO5/c1-15(30-24(2,3)4)21(13-22(26)27)25-23(28)29-14-20-18-11-7-5-9-16(18)17-10-6-8-12-19(17)20/h5-12,15,20-21H,13-14H2,1-4H3,(H,25,28)(H,26,27)/t15-,21-/m0/s1. The predicted octanol–water partition coefficient (Wildman–Crippen LogP) is 4.57. The van der Waals surface area contributed by atoms with Gasteiger partial charge in [0.1, 0.15) is 6.61 Å². The van der Waals surface area contributed by atoms with Gasteiger partial charge in [0.25, 0.3) is 0 Å². The van der Waals surface area contributed by atoms with Crippen LogP contribution in [0.4, 0.5) is 4.79 Å². The Kier molecular flexibility index (Phi) is 6.46. The highest BCUT2D eigenvalue weighted by atomic mass is 16.6. The number of carbonyl (C=O) groups excluding carboxylic acids is 1. The Morgan fingerprint density at radius 1 is 1.03 bits per heavy atom. The van der Waals surface area contributed by atoms with E-state index in [0.29, 0.717) is 0 Å². The van der Waals surface area contributed by atoms with Crippen LogP contribution in [0.15, 0.2) is 48.5 Å². The Bertz CT molecular complexity index is 872. The monoisotopic (exact) mass is 411 g/mol. The van der Waals surface area contributed by atoms with Crippen molar-refractivity contribution in [2.45, 2.75) is 57.8 Å². The summed E-state index contributed by atoms with van der Waals surface area (Å²) in [6, 6.07) is 15.5. The van der Waals surface area contributed by atoms with Crippen molar-refractivity contribution < 1.29 is 24.2 Å². The highest BCUT2D eigenvalue weighted by molar-refractivity contribution is 5.79. The summed E-state index contributed by atoms with van der Waals surface area (Å²) in [5.74, 6) is -1.06. The summed E-state index contributed by atoms with van der Waals surface area (Å²) >= 11 is 0. The molecule has 30 heavy (non-hydrogen) atoms. The molecular formula is C24H29NO5. The van der Waals surface area contributed by atoms with Gasteiger partial charge in [-0.15, -0.1) is 0 Å². The molecule has 0 bridgehead atoms. The van der Waals surface area contributed by atoms with E-state index < -0.39 is 29.8 Å². The van der Waals surface area contributed by atoms with E-state index in [1.54, 1.807) is 6.92 Å². The van der Waals surface area contributed by atoms with Crippen LogP contribution >= 0.6 is 0 Å². The van der Waals surface area contributed by atoms with E-state index in [4.69, 9.17) is 9.47 Å². The molecule has 1 aliphatic rings. The number of ether oxygens (including phenoxy) is 2. The van der Waals surface area contributed by atoms with Crippen LogP contribution in [0.3, 0.4) is 0 Å². The first kappa shape index (κ1) is 21.8. The summed E-state index contributed by atoms with van der Waals surface area (Å²) < 4.78 is 11.4. The number of benzene rings is 2. The molecule has 0 heterocycles. The minimum absolute atomic E-state index is 0.0516. The summed E-state index contributed by atoms with van der Waals surface area (Å²) in [6.45, 7) is 7.58. The molecule has 1 aliphatic carbocycles. The third kappa shape index (κ3) is 5.19. The van der Waals surface area contributed by atoms with Gasteiger partial charge in [-0.25, -0.2) is 4.79 Å². The molecule has 0 saturated carbocycles. The first-order chi connectivity index (χ1) is 14.2. The lowest BCUT2D eigenvalue weighted by molar-refractivity contribution is -0.139. The summed E-state index contributed by atoms with van der Waals surface area (Å²) in [4.78, 5) is 23.8. The van der Waals surface area contributed by atoms with E-state index in [1.807, 2.05) is 57.2 Å². The molecule has 2 aromatic carbocycles. The number of aliphatic carboxylic acids is 1. The molecule has 6 nitrogen and oxygen atoms in total. The van der Waals surface area contributed by atoms with Gasteiger partial charge in [0, 0.05) is 5.92 Å². The van der Waals surface area contributed by atoms with Crippen molar-refractivity contribution in [1.29, 1.82) is 0 Å². The molecule has 0 spiro atoms. The first-order valence-electron chi connectivity index (χ1n) is 10.2. The van der Waals surface area contributed by atoms with Crippen molar-refractivity contribution in [2.75, 3.05) is 6.61 Å². The molecule has 0 radical (unpaired) electrons. The van der Waals surface area contributed by atoms with Crippen molar-refractivity contribution in [1.82, 2.24) is 5.32 Å². The highest BCUT2D eigenvalue weighted by Gasteiger charge is 2.31. The quantitative estimate of drug-likeness (QED) is 0.697. The Balaban J connectivity index is 1.68. The van der Waals surface area contributed by atoms with Crippen molar-refractivity contribution in [2.24, 2.45) is 0 Å². The maximum atomic E-state index is 12.5. The van der Waals surface area contributed by atoms with Gasteiger partial charge in [0.05, 0.1) is 24.2 Å². The van der Waals surface area contributed by atoms with E-state index >= 15 is 0 Å². The maximum Gasteiger partial charge on any atom is 0.407 e. The fourth-order valence-electron chi connectivity index (χ4n) is 3.95. The second-order valence-corrected chi connectivity index (χ2v) is 8.61. The summed E-state index contributed by atoms with van der Waals surface area (Å²) in [7, 11) is 0. The molecule has 1 amide bonds. The number of rotatable bonds is 7. The van der Waals surface area contributed by atoms with Gasteiger partial charge in [-0.3, -0.25) is 4.79 Å². The summed E-state index contributed by atoms with van der Waals surface area (Å²) in [6.07, 6.45) is -1.38. The van der Waals surface area contributed by atoms with Crippen molar-refractivity contribution in [3.63, 3.8) is 0 Å². The average Bonchev–Trinajstić information content (AvgIpc) is 2.98. The smallest absolute Gasteiger partial charge is 0.407 e. The number of amides is 1. The Morgan fingerprint density at radius 3 is 2.07 bits per heavy atom.